The van der Waals surface area contributed by atoms with Crippen LogP contribution in [-0.4, -0.2) is 18.9 Å². The van der Waals surface area contributed by atoms with Crippen molar-refractivity contribution in [2.45, 2.75) is 12.8 Å². The maximum absolute atomic E-state index is 12.2. The highest BCUT2D eigenvalue weighted by molar-refractivity contribution is 6.32. The van der Waals surface area contributed by atoms with E-state index in [2.05, 4.69) is 23.1 Å². The molecule has 0 saturated carbocycles. The average molecular weight is 346 g/mol. The predicted octanol–water partition coefficient (Wildman–Crippen LogP) is 5.10. The van der Waals surface area contributed by atoms with Gasteiger partial charge in [0.25, 0.3) is 0 Å². The summed E-state index contributed by atoms with van der Waals surface area (Å²) in [6, 6.07) is 15.2. The minimum absolute atomic E-state index is 0.100. The van der Waals surface area contributed by atoms with Gasteiger partial charge in [-0.1, -0.05) is 41.4 Å². The van der Waals surface area contributed by atoms with Crippen molar-refractivity contribution in [2.24, 2.45) is 0 Å². The zero-order valence-electron chi connectivity index (χ0n) is 12.6. The standard InChI is InChI=1S/C19H17Cl2NO/c20-16-9-7-15(8-10-16)19(23)12-17(21)13-22-11-3-5-14-4-1-2-6-18(14)22/h1-2,4,6-10,12H,3,5,11,13H2/b17-12-. The maximum Gasteiger partial charge on any atom is 0.187 e. The summed E-state index contributed by atoms with van der Waals surface area (Å²) in [5.74, 6) is -0.100. The summed E-state index contributed by atoms with van der Waals surface area (Å²) >= 11 is 12.2. The Morgan fingerprint density at radius 1 is 1.13 bits per heavy atom. The molecule has 4 heteroatoms. The number of hydrogen-bond acceptors (Lipinski definition) is 2. The molecule has 23 heavy (non-hydrogen) atoms. The Balaban J connectivity index is 1.73. The fourth-order valence-electron chi connectivity index (χ4n) is 2.84. The highest BCUT2D eigenvalue weighted by atomic mass is 35.5. The van der Waals surface area contributed by atoms with Gasteiger partial charge in [-0.2, -0.15) is 0 Å². The number of rotatable bonds is 4. The topological polar surface area (TPSA) is 20.3 Å². The van der Waals surface area contributed by atoms with Crippen molar-refractivity contribution in [1.82, 2.24) is 0 Å². The van der Waals surface area contributed by atoms with Crippen molar-refractivity contribution in [2.75, 3.05) is 18.0 Å². The third kappa shape index (κ3) is 3.95. The van der Waals surface area contributed by atoms with E-state index in [1.54, 1.807) is 24.3 Å². The summed E-state index contributed by atoms with van der Waals surface area (Å²) in [6.45, 7) is 1.51. The van der Waals surface area contributed by atoms with Crippen LogP contribution in [0.2, 0.25) is 5.02 Å². The normalized spacial score (nSPS) is 14.5. The number of ketones is 1. The number of carbonyl (C=O) groups excluding carboxylic acids is 1. The number of fused-ring (bicyclic) bond motifs is 1. The van der Waals surface area contributed by atoms with Crippen molar-refractivity contribution in [3.8, 4) is 0 Å². The van der Waals surface area contributed by atoms with Crippen LogP contribution in [0.25, 0.3) is 0 Å². The first kappa shape index (κ1) is 16.1. The minimum atomic E-state index is -0.100. The van der Waals surface area contributed by atoms with Gasteiger partial charge in [-0.25, -0.2) is 0 Å². The largest absolute Gasteiger partial charge is 0.366 e. The van der Waals surface area contributed by atoms with Gasteiger partial charge in [0.05, 0.1) is 6.54 Å². The molecule has 118 valence electrons. The number of allylic oxidation sites excluding steroid dienone is 1. The highest BCUT2D eigenvalue weighted by Crippen LogP contribution is 2.27. The fraction of sp³-hybridized carbons (Fsp3) is 0.211. The lowest BCUT2D eigenvalue weighted by atomic mass is 10.0. The molecule has 2 aromatic rings. The Hall–Kier alpha value is -1.77. The molecule has 0 amide bonds. The van der Waals surface area contributed by atoms with Crippen molar-refractivity contribution >= 4 is 34.7 Å². The fourth-order valence-corrected chi connectivity index (χ4v) is 3.21. The predicted molar refractivity (Wildman–Crippen MR) is 96.7 cm³/mol. The van der Waals surface area contributed by atoms with Crippen LogP contribution in [0.1, 0.15) is 22.3 Å². The molecule has 0 aliphatic carbocycles. The number of para-hydroxylation sites is 1. The number of hydrogen-bond donors (Lipinski definition) is 0. The Morgan fingerprint density at radius 2 is 1.87 bits per heavy atom. The van der Waals surface area contributed by atoms with Crippen LogP contribution in [-0.2, 0) is 6.42 Å². The van der Waals surface area contributed by atoms with E-state index < -0.39 is 0 Å². The molecule has 1 aliphatic rings. The molecule has 3 rings (SSSR count). The van der Waals surface area contributed by atoms with E-state index in [1.807, 2.05) is 6.07 Å². The Kier molecular flexibility index (Phi) is 5.04. The smallest absolute Gasteiger partial charge is 0.187 e. The maximum atomic E-state index is 12.2. The summed E-state index contributed by atoms with van der Waals surface area (Å²) in [4.78, 5) is 14.5. The molecule has 0 radical (unpaired) electrons. The van der Waals surface area contributed by atoms with Gasteiger partial charge in [0, 0.05) is 33.9 Å². The van der Waals surface area contributed by atoms with Gasteiger partial charge in [-0.15, -0.1) is 0 Å². The van der Waals surface area contributed by atoms with Gasteiger partial charge in [0.2, 0.25) is 0 Å². The van der Waals surface area contributed by atoms with E-state index in [4.69, 9.17) is 23.2 Å². The Labute approximate surface area is 146 Å². The lowest BCUT2D eigenvalue weighted by Crippen LogP contribution is -2.30. The zero-order chi connectivity index (χ0) is 16.2. The second-order valence-corrected chi connectivity index (χ2v) is 6.54. The van der Waals surface area contributed by atoms with Crippen LogP contribution >= 0.6 is 23.2 Å². The molecule has 0 aromatic heterocycles. The van der Waals surface area contributed by atoms with E-state index in [0.717, 1.165) is 19.4 Å². The van der Waals surface area contributed by atoms with E-state index in [1.165, 1.54) is 17.3 Å². The van der Waals surface area contributed by atoms with E-state index in [9.17, 15) is 4.79 Å². The summed E-state index contributed by atoms with van der Waals surface area (Å²) in [5.41, 5.74) is 3.14. The zero-order valence-corrected chi connectivity index (χ0v) is 14.1. The van der Waals surface area contributed by atoms with Crippen molar-refractivity contribution in [1.29, 1.82) is 0 Å². The molecule has 0 spiro atoms. The molecule has 1 heterocycles. The molecule has 0 atom stereocenters. The monoisotopic (exact) mass is 345 g/mol. The molecular weight excluding hydrogens is 329 g/mol. The van der Waals surface area contributed by atoms with Crippen molar-refractivity contribution in [3.05, 3.63) is 75.8 Å². The lowest BCUT2D eigenvalue weighted by molar-refractivity contribution is 0.104. The van der Waals surface area contributed by atoms with Crippen LogP contribution in [0.5, 0.6) is 0 Å². The molecule has 0 unspecified atom stereocenters. The van der Waals surface area contributed by atoms with Gasteiger partial charge >= 0.3 is 0 Å². The Bertz CT molecular complexity index is 737. The number of nitrogens with zero attached hydrogens (tertiary/aromatic N) is 1. The number of aryl methyl sites for hydroxylation is 1. The number of carbonyl (C=O) groups is 1. The first-order chi connectivity index (χ1) is 11.1. The SMILES string of the molecule is O=C(/C=C(\Cl)CN1CCCc2ccccc21)c1ccc(Cl)cc1. The van der Waals surface area contributed by atoms with E-state index >= 15 is 0 Å². The number of halogens is 2. The molecule has 2 aromatic carbocycles. The van der Waals surface area contributed by atoms with Gasteiger partial charge in [0.1, 0.15) is 0 Å². The van der Waals surface area contributed by atoms with Crippen LogP contribution < -0.4 is 4.90 Å². The molecule has 2 nitrogen and oxygen atoms in total. The molecule has 0 fully saturated rings. The number of benzene rings is 2. The van der Waals surface area contributed by atoms with Crippen molar-refractivity contribution in [3.63, 3.8) is 0 Å². The van der Waals surface area contributed by atoms with Crippen molar-refractivity contribution < 1.29 is 4.79 Å². The third-order valence-electron chi connectivity index (χ3n) is 3.96. The molecule has 1 aliphatic heterocycles. The van der Waals surface area contributed by atoms with Crippen LogP contribution in [0, 0.1) is 0 Å². The van der Waals surface area contributed by atoms with Gasteiger partial charge in [0.15, 0.2) is 5.78 Å². The minimum Gasteiger partial charge on any atom is -0.366 e. The van der Waals surface area contributed by atoms with Gasteiger partial charge in [-0.05, 0) is 48.7 Å². The first-order valence-electron chi connectivity index (χ1n) is 7.62. The Morgan fingerprint density at radius 3 is 2.65 bits per heavy atom. The lowest BCUT2D eigenvalue weighted by Gasteiger charge is -2.31. The summed E-state index contributed by atoms with van der Waals surface area (Å²) in [5, 5.41) is 1.16. The van der Waals surface area contributed by atoms with E-state index in [-0.39, 0.29) is 5.78 Å². The van der Waals surface area contributed by atoms with Crippen LogP contribution in [0.15, 0.2) is 59.6 Å². The second kappa shape index (κ2) is 7.20. The summed E-state index contributed by atoms with van der Waals surface area (Å²) in [6.07, 6.45) is 3.70. The van der Waals surface area contributed by atoms with Gasteiger partial charge in [-0.3, -0.25) is 4.79 Å². The number of anilines is 1. The molecule has 0 N–H and O–H groups in total. The quantitative estimate of drug-likeness (QED) is 0.567. The first-order valence-corrected chi connectivity index (χ1v) is 8.38. The second-order valence-electron chi connectivity index (χ2n) is 5.62. The van der Waals surface area contributed by atoms with Gasteiger partial charge < -0.3 is 4.90 Å². The highest BCUT2D eigenvalue weighted by Gasteiger charge is 2.17. The van der Waals surface area contributed by atoms with Crippen LogP contribution in [0.3, 0.4) is 0 Å². The molecule has 0 saturated heterocycles. The van der Waals surface area contributed by atoms with Crippen LogP contribution in [0.4, 0.5) is 5.69 Å². The molecular formula is C19H17Cl2NO. The summed E-state index contributed by atoms with van der Waals surface area (Å²) < 4.78 is 0. The third-order valence-corrected chi connectivity index (χ3v) is 4.45. The average Bonchev–Trinajstić information content (AvgIpc) is 2.55. The molecule has 0 bridgehead atoms. The van der Waals surface area contributed by atoms with E-state index in [0.29, 0.717) is 22.2 Å². The summed E-state index contributed by atoms with van der Waals surface area (Å²) in [7, 11) is 0.